The Morgan fingerprint density at radius 3 is 2.75 bits per heavy atom. The quantitative estimate of drug-likeness (QED) is 0.421. The number of benzene rings is 2. The van der Waals surface area contributed by atoms with Crippen molar-refractivity contribution >= 4 is 34.1 Å². The molecule has 2 heterocycles. The summed E-state index contributed by atoms with van der Waals surface area (Å²) in [5.74, 6) is -0.135. The first kappa shape index (κ1) is 20.6. The highest BCUT2D eigenvalue weighted by atomic mass is 35.5. The number of hydrogen-bond acceptors (Lipinski definition) is 4. The first-order valence-electron chi connectivity index (χ1n) is 10.8. The van der Waals surface area contributed by atoms with Gasteiger partial charge in [0.1, 0.15) is 5.69 Å². The molecule has 0 atom stereocenters. The first-order valence-corrected chi connectivity index (χ1v) is 11.2. The maximum Gasteiger partial charge on any atom is 0.439 e. The zero-order chi connectivity index (χ0) is 22.1. The zero-order valence-corrected chi connectivity index (χ0v) is 18.2. The molecule has 32 heavy (non-hydrogen) atoms. The number of H-pyrrole nitrogens is 1. The standard InChI is InChI=1S/C24H23ClN4O3/c25-17-10-11-19(18(13-17)22-27-24(31)32-28-22)26-23(30)21-12-16-8-4-5-9-20(16)29(21)14-15-6-2-1-3-7-15/h4-5,8-13,15H,1-3,6-7,14H2,(H,26,30)(H,27,28,31). The van der Waals surface area contributed by atoms with Gasteiger partial charge in [0, 0.05) is 28.0 Å². The molecule has 0 saturated heterocycles. The number of hydrogen-bond donors (Lipinski definition) is 2. The molecule has 4 aromatic rings. The minimum Gasteiger partial charge on any atom is -0.336 e. The predicted octanol–water partition coefficient (Wildman–Crippen LogP) is 5.47. The van der Waals surface area contributed by atoms with Crippen LogP contribution in [0, 0.1) is 5.92 Å². The van der Waals surface area contributed by atoms with E-state index in [9.17, 15) is 9.59 Å². The minimum atomic E-state index is -0.676. The Kier molecular flexibility index (Phi) is 5.57. The van der Waals surface area contributed by atoms with E-state index in [1.807, 2.05) is 24.3 Å². The zero-order valence-electron chi connectivity index (χ0n) is 17.4. The number of rotatable bonds is 5. The number of amides is 1. The Balaban J connectivity index is 1.51. The molecule has 1 aliphatic carbocycles. The van der Waals surface area contributed by atoms with Crippen molar-refractivity contribution in [3.8, 4) is 11.4 Å². The normalized spacial score (nSPS) is 14.7. The van der Waals surface area contributed by atoms with E-state index in [0.717, 1.165) is 17.4 Å². The van der Waals surface area contributed by atoms with Gasteiger partial charge in [-0.3, -0.25) is 14.3 Å². The summed E-state index contributed by atoms with van der Waals surface area (Å²) in [6.07, 6.45) is 6.16. The number of carbonyl (C=O) groups excluding carboxylic acids is 1. The fourth-order valence-corrected chi connectivity index (χ4v) is 4.75. The van der Waals surface area contributed by atoms with Gasteiger partial charge < -0.3 is 9.88 Å². The van der Waals surface area contributed by atoms with Gasteiger partial charge in [-0.15, -0.1) is 0 Å². The van der Waals surface area contributed by atoms with Crippen molar-refractivity contribution in [2.45, 2.75) is 38.6 Å². The van der Waals surface area contributed by atoms with Crippen molar-refractivity contribution in [1.82, 2.24) is 14.7 Å². The second kappa shape index (κ2) is 8.67. The van der Waals surface area contributed by atoms with E-state index in [0.29, 0.717) is 27.9 Å². The number of aromatic nitrogens is 3. The topological polar surface area (TPSA) is 92.9 Å². The summed E-state index contributed by atoms with van der Waals surface area (Å²) in [5, 5.41) is 8.20. The van der Waals surface area contributed by atoms with Crippen LogP contribution in [0.3, 0.4) is 0 Å². The summed E-state index contributed by atoms with van der Waals surface area (Å²) in [6.45, 7) is 0.820. The van der Waals surface area contributed by atoms with Gasteiger partial charge in [0.15, 0.2) is 5.82 Å². The average Bonchev–Trinajstić information content (AvgIpc) is 3.40. The summed E-state index contributed by atoms with van der Waals surface area (Å²) >= 11 is 6.15. The van der Waals surface area contributed by atoms with E-state index in [1.165, 1.54) is 32.1 Å². The lowest BCUT2D eigenvalue weighted by molar-refractivity contribution is 0.101. The van der Waals surface area contributed by atoms with Crippen LogP contribution in [-0.2, 0) is 6.54 Å². The molecule has 0 radical (unpaired) electrons. The number of carbonyl (C=O) groups is 1. The lowest BCUT2D eigenvalue weighted by Gasteiger charge is -2.23. The molecule has 1 saturated carbocycles. The highest BCUT2D eigenvalue weighted by Gasteiger charge is 2.22. The molecule has 2 aromatic carbocycles. The van der Waals surface area contributed by atoms with Crippen molar-refractivity contribution in [3.05, 3.63) is 69.8 Å². The molecule has 7 nitrogen and oxygen atoms in total. The van der Waals surface area contributed by atoms with E-state index in [2.05, 4.69) is 30.6 Å². The lowest BCUT2D eigenvalue weighted by atomic mass is 9.89. The smallest absolute Gasteiger partial charge is 0.336 e. The van der Waals surface area contributed by atoms with Crippen LogP contribution in [0.4, 0.5) is 5.69 Å². The van der Waals surface area contributed by atoms with Gasteiger partial charge in [0.2, 0.25) is 0 Å². The van der Waals surface area contributed by atoms with Gasteiger partial charge in [0.05, 0.1) is 5.69 Å². The van der Waals surface area contributed by atoms with E-state index < -0.39 is 5.76 Å². The highest BCUT2D eigenvalue weighted by molar-refractivity contribution is 6.31. The molecule has 0 aliphatic heterocycles. The molecule has 0 unspecified atom stereocenters. The number of para-hydroxylation sites is 1. The molecule has 8 heteroatoms. The van der Waals surface area contributed by atoms with E-state index >= 15 is 0 Å². The van der Waals surface area contributed by atoms with Crippen LogP contribution >= 0.6 is 11.6 Å². The van der Waals surface area contributed by atoms with Crippen LogP contribution in [0.5, 0.6) is 0 Å². The minimum absolute atomic E-state index is 0.204. The van der Waals surface area contributed by atoms with Crippen LogP contribution in [0.2, 0.25) is 5.02 Å². The fraction of sp³-hybridized carbons (Fsp3) is 0.292. The molecular weight excluding hydrogens is 428 g/mol. The maximum atomic E-state index is 13.4. The van der Waals surface area contributed by atoms with Gasteiger partial charge in [-0.1, -0.05) is 54.2 Å². The second-order valence-corrected chi connectivity index (χ2v) is 8.73. The van der Waals surface area contributed by atoms with Crippen LogP contribution in [0.15, 0.2) is 57.8 Å². The molecular formula is C24H23ClN4O3. The fourth-order valence-electron chi connectivity index (χ4n) is 4.58. The lowest BCUT2D eigenvalue weighted by Crippen LogP contribution is -2.21. The summed E-state index contributed by atoms with van der Waals surface area (Å²) in [6, 6.07) is 15.0. The van der Waals surface area contributed by atoms with Crippen LogP contribution in [-0.4, -0.2) is 20.6 Å². The molecule has 164 valence electrons. The number of halogens is 1. The Hall–Kier alpha value is -3.32. The monoisotopic (exact) mass is 450 g/mol. The molecule has 0 bridgehead atoms. The average molecular weight is 451 g/mol. The van der Waals surface area contributed by atoms with Crippen molar-refractivity contribution < 1.29 is 9.32 Å². The number of nitrogens with one attached hydrogen (secondary N) is 2. The summed E-state index contributed by atoms with van der Waals surface area (Å²) in [5.41, 5.74) is 2.62. The summed E-state index contributed by atoms with van der Waals surface area (Å²) < 4.78 is 6.76. The Labute approximate surface area is 189 Å². The molecule has 2 N–H and O–H groups in total. The Morgan fingerprint density at radius 1 is 1.16 bits per heavy atom. The van der Waals surface area contributed by atoms with Gasteiger partial charge in [0.25, 0.3) is 5.91 Å². The van der Waals surface area contributed by atoms with Crippen LogP contribution < -0.4 is 11.1 Å². The van der Waals surface area contributed by atoms with Gasteiger partial charge in [-0.25, -0.2) is 4.79 Å². The number of fused-ring (bicyclic) bond motifs is 1. The highest BCUT2D eigenvalue weighted by Crippen LogP contribution is 2.31. The van der Waals surface area contributed by atoms with Crippen molar-refractivity contribution in [3.63, 3.8) is 0 Å². The largest absolute Gasteiger partial charge is 0.439 e. The third kappa shape index (κ3) is 4.08. The predicted molar refractivity (Wildman–Crippen MR) is 124 cm³/mol. The molecule has 1 amide bonds. The van der Waals surface area contributed by atoms with Gasteiger partial charge >= 0.3 is 5.76 Å². The Morgan fingerprint density at radius 2 is 1.97 bits per heavy atom. The van der Waals surface area contributed by atoms with Crippen molar-refractivity contribution in [2.75, 3.05) is 5.32 Å². The number of nitrogens with zero attached hydrogens (tertiary/aromatic N) is 2. The first-order chi connectivity index (χ1) is 15.6. The van der Waals surface area contributed by atoms with Crippen LogP contribution in [0.25, 0.3) is 22.3 Å². The van der Waals surface area contributed by atoms with E-state index in [4.69, 9.17) is 11.6 Å². The van der Waals surface area contributed by atoms with Crippen LogP contribution in [0.1, 0.15) is 42.6 Å². The Bertz CT molecular complexity index is 1330. The van der Waals surface area contributed by atoms with Gasteiger partial charge in [-0.05, 0) is 49.1 Å². The molecule has 5 rings (SSSR count). The molecule has 1 aliphatic rings. The molecule has 0 spiro atoms. The SMILES string of the molecule is O=C(Nc1ccc(Cl)cc1-c1noc(=O)[nH]1)c1cc2ccccc2n1CC1CCCCC1. The van der Waals surface area contributed by atoms with E-state index in [-0.39, 0.29) is 11.7 Å². The van der Waals surface area contributed by atoms with E-state index in [1.54, 1.807) is 18.2 Å². The third-order valence-corrected chi connectivity index (χ3v) is 6.37. The molecule has 1 fully saturated rings. The second-order valence-electron chi connectivity index (χ2n) is 8.29. The number of aromatic amines is 1. The molecule has 2 aromatic heterocycles. The van der Waals surface area contributed by atoms with Gasteiger partial charge in [-0.2, -0.15) is 0 Å². The van der Waals surface area contributed by atoms with Crippen molar-refractivity contribution in [2.24, 2.45) is 5.92 Å². The third-order valence-electron chi connectivity index (χ3n) is 6.13. The summed E-state index contributed by atoms with van der Waals surface area (Å²) in [7, 11) is 0. The maximum absolute atomic E-state index is 13.4. The van der Waals surface area contributed by atoms with Crippen molar-refractivity contribution in [1.29, 1.82) is 0 Å². The summed E-state index contributed by atoms with van der Waals surface area (Å²) in [4.78, 5) is 27.4. The number of anilines is 1.